The highest BCUT2D eigenvalue weighted by atomic mass is 16.1. The number of anilines is 1. The molecule has 3 rings (SSSR count). The summed E-state index contributed by atoms with van der Waals surface area (Å²) in [6, 6.07) is 19.2. The van der Waals surface area contributed by atoms with Gasteiger partial charge in [-0.05, 0) is 35.6 Å². The Bertz CT molecular complexity index is 805. The lowest BCUT2D eigenvalue weighted by atomic mass is 10.1. The van der Waals surface area contributed by atoms with E-state index in [1.165, 1.54) is 0 Å². The number of para-hydroxylation sites is 2. The first-order valence-electron chi connectivity index (χ1n) is 6.68. The van der Waals surface area contributed by atoms with Gasteiger partial charge in [0.2, 0.25) is 0 Å². The molecule has 0 saturated carbocycles. The summed E-state index contributed by atoms with van der Waals surface area (Å²) in [5.41, 5.74) is 8.80. The van der Waals surface area contributed by atoms with Crippen LogP contribution < -0.4 is 11.3 Å². The van der Waals surface area contributed by atoms with Gasteiger partial charge in [-0.3, -0.25) is 4.79 Å². The summed E-state index contributed by atoms with van der Waals surface area (Å²) in [6.45, 7) is 0.633. The highest BCUT2D eigenvalue weighted by Gasteiger charge is 2.04. The van der Waals surface area contributed by atoms with Crippen LogP contribution >= 0.6 is 0 Å². The molecule has 0 aliphatic carbocycles. The molecule has 0 aliphatic heterocycles. The van der Waals surface area contributed by atoms with Crippen molar-refractivity contribution in [1.29, 1.82) is 0 Å². The highest BCUT2D eigenvalue weighted by molar-refractivity contribution is 5.78. The fourth-order valence-corrected chi connectivity index (χ4v) is 2.47. The monoisotopic (exact) mass is 264 g/mol. The van der Waals surface area contributed by atoms with Gasteiger partial charge in [0.15, 0.2) is 0 Å². The summed E-state index contributed by atoms with van der Waals surface area (Å²) in [4.78, 5) is 12.1. The Hall–Kier alpha value is -2.55. The normalized spacial score (nSPS) is 10.8. The molecule has 0 bridgehead atoms. The summed E-state index contributed by atoms with van der Waals surface area (Å²) in [7, 11) is 0. The van der Waals surface area contributed by atoms with E-state index >= 15 is 0 Å². The van der Waals surface area contributed by atoms with Gasteiger partial charge in [0.05, 0.1) is 5.52 Å². The first kappa shape index (κ1) is 12.5. The van der Waals surface area contributed by atoms with E-state index in [9.17, 15) is 4.79 Å². The Morgan fingerprint density at radius 2 is 1.65 bits per heavy atom. The van der Waals surface area contributed by atoms with Gasteiger partial charge in [-0.1, -0.05) is 36.4 Å². The van der Waals surface area contributed by atoms with Crippen LogP contribution in [0, 0.1) is 0 Å². The number of rotatable bonds is 3. The largest absolute Gasteiger partial charge is 0.399 e. The van der Waals surface area contributed by atoms with Crippen LogP contribution in [0.4, 0.5) is 5.69 Å². The number of aromatic nitrogens is 1. The van der Waals surface area contributed by atoms with E-state index in [1.807, 2.05) is 59.2 Å². The molecule has 3 aromatic rings. The number of benzene rings is 2. The third kappa shape index (κ3) is 2.30. The second-order valence-electron chi connectivity index (χ2n) is 4.83. The van der Waals surface area contributed by atoms with Crippen LogP contribution in [0.3, 0.4) is 0 Å². The number of nitrogen functional groups attached to an aromatic ring is 1. The van der Waals surface area contributed by atoms with Crippen molar-refractivity contribution in [2.45, 2.75) is 13.0 Å². The van der Waals surface area contributed by atoms with Crippen LogP contribution in [-0.2, 0) is 13.0 Å². The van der Waals surface area contributed by atoms with Crippen LogP contribution in [0.25, 0.3) is 10.9 Å². The molecule has 0 fully saturated rings. The van der Waals surface area contributed by atoms with Crippen molar-refractivity contribution in [2.24, 2.45) is 0 Å². The molecule has 0 spiro atoms. The van der Waals surface area contributed by atoms with Gasteiger partial charge in [-0.15, -0.1) is 0 Å². The summed E-state index contributed by atoms with van der Waals surface area (Å²) >= 11 is 0. The number of nitrogens with two attached hydrogens (primary N) is 1. The lowest BCUT2D eigenvalue weighted by Gasteiger charge is -2.11. The van der Waals surface area contributed by atoms with Crippen molar-refractivity contribution in [2.75, 3.05) is 5.73 Å². The number of nitrogens with zero attached hydrogens (tertiary/aromatic N) is 1. The second kappa shape index (κ2) is 5.21. The van der Waals surface area contributed by atoms with Crippen molar-refractivity contribution in [3.05, 3.63) is 76.6 Å². The van der Waals surface area contributed by atoms with Crippen LogP contribution in [-0.4, -0.2) is 4.57 Å². The van der Waals surface area contributed by atoms with Gasteiger partial charge in [-0.2, -0.15) is 0 Å². The standard InChI is InChI=1S/C17H16N2O/c18-15-7-3-1-5-13(15)11-12-19-16-8-4-2-6-14(16)9-10-17(19)20/h1-10H,11-12,18H2. The maximum atomic E-state index is 12.1. The molecule has 0 aliphatic rings. The van der Waals surface area contributed by atoms with Crippen LogP contribution in [0.5, 0.6) is 0 Å². The van der Waals surface area contributed by atoms with E-state index in [-0.39, 0.29) is 5.56 Å². The van der Waals surface area contributed by atoms with Crippen LogP contribution in [0.1, 0.15) is 5.56 Å². The smallest absolute Gasteiger partial charge is 0.251 e. The predicted molar refractivity (Wildman–Crippen MR) is 82.8 cm³/mol. The number of pyridine rings is 1. The summed E-state index contributed by atoms with van der Waals surface area (Å²) < 4.78 is 1.81. The zero-order valence-electron chi connectivity index (χ0n) is 11.1. The fraction of sp³-hybridized carbons (Fsp3) is 0.118. The molecule has 3 nitrogen and oxygen atoms in total. The van der Waals surface area contributed by atoms with Gasteiger partial charge in [-0.25, -0.2) is 0 Å². The van der Waals surface area contributed by atoms with Crippen LogP contribution in [0.15, 0.2) is 65.5 Å². The van der Waals surface area contributed by atoms with Gasteiger partial charge in [0.1, 0.15) is 0 Å². The predicted octanol–water partition coefficient (Wildman–Crippen LogP) is 2.83. The van der Waals surface area contributed by atoms with E-state index in [2.05, 4.69) is 0 Å². The molecule has 2 N–H and O–H groups in total. The number of hydrogen-bond acceptors (Lipinski definition) is 2. The first-order valence-corrected chi connectivity index (χ1v) is 6.68. The Morgan fingerprint density at radius 1 is 0.900 bits per heavy atom. The van der Waals surface area contributed by atoms with Gasteiger partial charge in [0.25, 0.3) is 5.56 Å². The van der Waals surface area contributed by atoms with Gasteiger partial charge >= 0.3 is 0 Å². The Morgan fingerprint density at radius 3 is 2.50 bits per heavy atom. The molecule has 0 saturated heterocycles. The van der Waals surface area contributed by atoms with E-state index in [1.54, 1.807) is 6.07 Å². The zero-order chi connectivity index (χ0) is 13.9. The molecular weight excluding hydrogens is 248 g/mol. The molecule has 0 amide bonds. The zero-order valence-corrected chi connectivity index (χ0v) is 11.1. The number of hydrogen-bond donors (Lipinski definition) is 1. The molecule has 100 valence electrons. The van der Waals surface area contributed by atoms with Crippen molar-refractivity contribution in [3.8, 4) is 0 Å². The molecule has 3 heteroatoms. The van der Waals surface area contributed by atoms with Crippen molar-refractivity contribution < 1.29 is 0 Å². The lowest BCUT2D eigenvalue weighted by molar-refractivity contribution is 0.696. The maximum Gasteiger partial charge on any atom is 0.251 e. The molecule has 0 unspecified atom stereocenters. The third-order valence-electron chi connectivity index (χ3n) is 3.56. The van der Waals surface area contributed by atoms with E-state index in [4.69, 9.17) is 5.73 Å². The number of fused-ring (bicyclic) bond motifs is 1. The molecule has 0 radical (unpaired) electrons. The highest BCUT2D eigenvalue weighted by Crippen LogP contribution is 2.14. The Kier molecular flexibility index (Phi) is 3.25. The Labute approximate surface area is 117 Å². The van der Waals surface area contributed by atoms with E-state index < -0.39 is 0 Å². The molecule has 0 atom stereocenters. The number of aryl methyl sites for hydroxylation is 2. The minimum atomic E-state index is 0.0261. The minimum Gasteiger partial charge on any atom is -0.399 e. The summed E-state index contributed by atoms with van der Waals surface area (Å²) in [5, 5.41) is 1.08. The van der Waals surface area contributed by atoms with E-state index in [0.717, 1.165) is 28.6 Å². The topological polar surface area (TPSA) is 48.0 Å². The molecular formula is C17H16N2O. The average molecular weight is 264 g/mol. The fourth-order valence-electron chi connectivity index (χ4n) is 2.47. The minimum absolute atomic E-state index is 0.0261. The second-order valence-corrected chi connectivity index (χ2v) is 4.83. The van der Waals surface area contributed by atoms with Crippen molar-refractivity contribution in [3.63, 3.8) is 0 Å². The van der Waals surface area contributed by atoms with Gasteiger partial charge in [0, 0.05) is 18.3 Å². The summed E-state index contributed by atoms with van der Waals surface area (Å²) in [6.07, 6.45) is 0.751. The van der Waals surface area contributed by atoms with E-state index in [0.29, 0.717) is 6.54 Å². The quantitative estimate of drug-likeness (QED) is 0.739. The van der Waals surface area contributed by atoms with Crippen molar-refractivity contribution in [1.82, 2.24) is 4.57 Å². The molecule has 1 heterocycles. The first-order chi connectivity index (χ1) is 9.75. The van der Waals surface area contributed by atoms with Crippen molar-refractivity contribution >= 4 is 16.6 Å². The maximum absolute atomic E-state index is 12.1. The molecule has 1 aromatic heterocycles. The van der Waals surface area contributed by atoms with Gasteiger partial charge < -0.3 is 10.3 Å². The molecule has 2 aromatic carbocycles. The van der Waals surface area contributed by atoms with Crippen LogP contribution in [0.2, 0.25) is 0 Å². The Balaban J connectivity index is 1.97. The average Bonchev–Trinajstić information content (AvgIpc) is 2.48. The SMILES string of the molecule is Nc1ccccc1CCn1c(=O)ccc2ccccc21. The summed E-state index contributed by atoms with van der Waals surface area (Å²) in [5.74, 6) is 0. The molecule has 20 heavy (non-hydrogen) atoms. The third-order valence-corrected chi connectivity index (χ3v) is 3.56. The lowest BCUT2D eigenvalue weighted by Crippen LogP contribution is -2.20.